The number of para-hydroxylation sites is 1. The minimum Gasteiger partial charge on any atom is -0.435 e. The fourth-order valence-corrected chi connectivity index (χ4v) is 2.03. The van der Waals surface area contributed by atoms with Gasteiger partial charge in [0, 0.05) is 17.1 Å². The van der Waals surface area contributed by atoms with Gasteiger partial charge in [0.25, 0.3) is 0 Å². The molecule has 0 aliphatic carbocycles. The molecule has 0 N–H and O–H groups in total. The fraction of sp³-hybridized carbons (Fsp3) is 0.133. The molecule has 20 heavy (non-hydrogen) atoms. The van der Waals surface area contributed by atoms with Crippen LogP contribution >= 0.6 is 11.6 Å². The molecule has 0 saturated carbocycles. The van der Waals surface area contributed by atoms with Gasteiger partial charge in [-0.2, -0.15) is 5.10 Å². The lowest BCUT2D eigenvalue weighted by atomic mass is 10.2. The number of hydrogen-bond acceptors (Lipinski definition) is 4. The molecule has 0 saturated heterocycles. The largest absolute Gasteiger partial charge is 0.435 e. The van der Waals surface area contributed by atoms with Crippen LogP contribution in [0.1, 0.15) is 11.4 Å². The molecule has 0 spiro atoms. The number of pyridine rings is 1. The van der Waals surface area contributed by atoms with Crippen LogP contribution in [0, 0.1) is 6.92 Å². The van der Waals surface area contributed by atoms with E-state index in [0.29, 0.717) is 23.2 Å². The number of halogens is 1. The van der Waals surface area contributed by atoms with Gasteiger partial charge in [0.15, 0.2) is 5.75 Å². The summed E-state index contributed by atoms with van der Waals surface area (Å²) in [6, 6.07) is 13.3. The van der Waals surface area contributed by atoms with Gasteiger partial charge < -0.3 is 4.74 Å². The van der Waals surface area contributed by atoms with Crippen molar-refractivity contribution in [1.29, 1.82) is 0 Å². The Bertz CT molecular complexity index is 744. The summed E-state index contributed by atoms with van der Waals surface area (Å²) in [6.07, 6.45) is 0. The number of aryl methyl sites for hydroxylation is 1. The third-order valence-electron chi connectivity index (χ3n) is 2.87. The van der Waals surface area contributed by atoms with Crippen LogP contribution in [0.25, 0.3) is 10.9 Å². The van der Waals surface area contributed by atoms with Crippen LogP contribution in [0.2, 0.25) is 0 Å². The van der Waals surface area contributed by atoms with Crippen LogP contribution in [0.3, 0.4) is 0 Å². The predicted octanol–water partition coefficient (Wildman–Crippen LogP) is 3.86. The van der Waals surface area contributed by atoms with Crippen molar-refractivity contribution in [2.45, 2.75) is 12.8 Å². The maximum Gasteiger partial charge on any atom is 0.238 e. The molecule has 0 atom stereocenters. The minimum absolute atomic E-state index is 0.336. The highest BCUT2D eigenvalue weighted by atomic mass is 35.5. The van der Waals surface area contributed by atoms with Crippen LogP contribution in [0.15, 0.2) is 42.5 Å². The van der Waals surface area contributed by atoms with Crippen molar-refractivity contribution in [2.75, 3.05) is 0 Å². The van der Waals surface area contributed by atoms with Gasteiger partial charge >= 0.3 is 0 Å². The van der Waals surface area contributed by atoms with E-state index in [1.807, 2.05) is 37.3 Å². The van der Waals surface area contributed by atoms with Crippen molar-refractivity contribution in [2.24, 2.45) is 0 Å². The molecule has 2 heterocycles. The minimum atomic E-state index is 0.336. The summed E-state index contributed by atoms with van der Waals surface area (Å²) in [6.45, 7) is 1.95. The normalized spacial score (nSPS) is 10.7. The summed E-state index contributed by atoms with van der Waals surface area (Å²) in [5.74, 6) is 1.43. The van der Waals surface area contributed by atoms with Gasteiger partial charge in [0.05, 0.1) is 11.6 Å². The Morgan fingerprint density at radius 3 is 2.70 bits per heavy atom. The van der Waals surface area contributed by atoms with Crippen molar-refractivity contribution in [1.82, 2.24) is 15.2 Å². The number of nitrogens with zero attached hydrogens (tertiary/aromatic N) is 3. The molecule has 2 aromatic heterocycles. The molecule has 3 rings (SSSR count). The number of rotatable bonds is 3. The molecule has 100 valence electrons. The smallest absolute Gasteiger partial charge is 0.238 e. The number of aromatic nitrogens is 3. The highest BCUT2D eigenvalue weighted by Crippen LogP contribution is 2.27. The van der Waals surface area contributed by atoms with E-state index < -0.39 is 0 Å². The summed E-state index contributed by atoms with van der Waals surface area (Å²) in [7, 11) is 0. The van der Waals surface area contributed by atoms with Gasteiger partial charge in [-0.25, -0.2) is 4.98 Å². The van der Waals surface area contributed by atoms with Gasteiger partial charge in [-0.3, -0.25) is 0 Å². The first kappa shape index (κ1) is 12.8. The van der Waals surface area contributed by atoms with E-state index in [0.717, 1.165) is 16.6 Å². The zero-order chi connectivity index (χ0) is 13.9. The number of alkyl halides is 1. The third kappa shape index (κ3) is 2.56. The standard InChI is InChI=1S/C15H12ClN3O/c1-10-5-6-11-3-2-4-13(15(11)17-10)20-14-8-7-12(9-16)18-19-14/h2-8H,9H2,1H3. The Balaban J connectivity index is 1.99. The Labute approximate surface area is 121 Å². The molecule has 0 amide bonds. The van der Waals surface area contributed by atoms with Crippen LogP contribution < -0.4 is 4.74 Å². The molecule has 4 nitrogen and oxygen atoms in total. The molecule has 0 aliphatic rings. The van der Waals surface area contributed by atoms with Crippen molar-refractivity contribution >= 4 is 22.5 Å². The average Bonchev–Trinajstić information content (AvgIpc) is 2.49. The second kappa shape index (κ2) is 5.43. The molecule has 3 aromatic rings. The highest BCUT2D eigenvalue weighted by Gasteiger charge is 2.06. The van der Waals surface area contributed by atoms with E-state index in [1.165, 1.54) is 0 Å². The van der Waals surface area contributed by atoms with E-state index in [9.17, 15) is 0 Å². The first-order valence-electron chi connectivity index (χ1n) is 6.19. The first-order chi connectivity index (χ1) is 9.76. The van der Waals surface area contributed by atoms with Crippen LogP contribution in [-0.2, 0) is 5.88 Å². The lowest BCUT2D eigenvalue weighted by Crippen LogP contribution is -1.95. The molecular formula is C15H12ClN3O. The van der Waals surface area contributed by atoms with Crippen molar-refractivity contribution in [3.8, 4) is 11.6 Å². The fourth-order valence-electron chi connectivity index (χ4n) is 1.89. The van der Waals surface area contributed by atoms with E-state index in [4.69, 9.17) is 16.3 Å². The SMILES string of the molecule is Cc1ccc2cccc(Oc3ccc(CCl)nn3)c2n1. The molecule has 0 aliphatic heterocycles. The predicted molar refractivity (Wildman–Crippen MR) is 78.1 cm³/mol. The van der Waals surface area contributed by atoms with Crippen LogP contribution in [0.4, 0.5) is 0 Å². The van der Waals surface area contributed by atoms with E-state index in [2.05, 4.69) is 15.2 Å². The van der Waals surface area contributed by atoms with Gasteiger partial charge in [0.1, 0.15) is 5.52 Å². The maximum atomic E-state index is 5.77. The second-order valence-electron chi connectivity index (χ2n) is 4.38. The summed E-state index contributed by atoms with van der Waals surface area (Å²) < 4.78 is 5.77. The van der Waals surface area contributed by atoms with E-state index >= 15 is 0 Å². The van der Waals surface area contributed by atoms with Gasteiger partial charge in [-0.1, -0.05) is 18.2 Å². The van der Waals surface area contributed by atoms with E-state index in [-0.39, 0.29) is 0 Å². The van der Waals surface area contributed by atoms with Crippen LogP contribution in [0.5, 0.6) is 11.6 Å². The monoisotopic (exact) mass is 285 g/mol. The summed E-state index contributed by atoms with van der Waals surface area (Å²) in [5.41, 5.74) is 2.47. The Kier molecular flexibility index (Phi) is 3.48. The zero-order valence-corrected chi connectivity index (χ0v) is 11.6. The summed E-state index contributed by atoms with van der Waals surface area (Å²) >= 11 is 5.68. The molecule has 1 aromatic carbocycles. The third-order valence-corrected chi connectivity index (χ3v) is 3.14. The summed E-state index contributed by atoms with van der Waals surface area (Å²) in [5, 5.41) is 8.98. The van der Waals surface area contributed by atoms with Crippen molar-refractivity contribution < 1.29 is 4.74 Å². The number of hydrogen-bond donors (Lipinski definition) is 0. The number of ether oxygens (including phenoxy) is 1. The van der Waals surface area contributed by atoms with E-state index in [1.54, 1.807) is 12.1 Å². The van der Waals surface area contributed by atoms with Gasteiger partial charge in [-0.15, -0.1) is 16.7 Å². The Morgan fingerprint density at radius 1 is 1.05 bits per heavy atom. The maximum absolute atomic E-state index is 5.77. The van der Waals surface area contributed by atoms with Gasteiger partial charge in [0.2, 0.25) is 5.88 Å². The Morgan fingerprint density at radius 2 is 1.95 bits per heavy atom. The molecule has 5 heteroatoms. The number of fused-ring (bicyclic) bond motifs is 1. The number of benzene rings is 1. The van der Waals surface area contributed by atoms with Crippen molar-refractivity contribution in [3.63, 3.8) is 0 Å². The highest BCUT2D eigenvalue weighted by molar-refractivity contribution is 6.16. The lowest BCUT2D eigenvalue weighted by Gasteiger charge is -2.07. The first-order valence-corrected chi connectivity index (χ1v) is 6.72. The van der Waals surface area contributed by atoms with Gasteiger partial charge in [-0.05, 0) is 25.1 Å². The summed E-state index contributed by atoms with van der Waals surface area (Å²) in [4.78, 5) is 4.51. The lowest BCUT2D eigenvalue weighted by molar-refractivity contribution is 0.458. The molecule has 0 radical (unpaired) electrons. The molecule has 0 unspecified atom stereocenters. The molecule has 0 fully saturated rings. The van der Waals surface area contributed by atoms with Crippen LogP contribution in [-0.4, -0.2) is 15.2 Å². The molecular weight excluding hydrogens is 274 g/mol. The van der Waals surface area contributed by atoms with Crippen molar-refractivity contribution in [3.05, 3.63) is 53.9 Å². The second-order valence-corrected chi connectivity index (χ2v) is 4.65. The molecule has 0 bridgehead atoms. The average molecular weight is 286 g/mol. The zero-order valence-electron chi connectivity index (χ0n) is 10.9. The quantitative estimate of drug-likeness (QED) is 0.686. The Hall–Kier alpha value is -2.20. The topological polar surface area (TPSA) is 47.9 Å².